The minimum atomic E-state index is -3.44. The summed E-state index contributed by atoms with van der Waals surface area (Å²) in [6.07, 6.45) is 0.607. The number of hydrogen-bond donors (Lipinski definition) is 1. The van der Waals surface area contributed by atoms with Crippen molar-refractivity contribution in [3.8, 4) is 0 Å². The van der Waals surface area contributed by atoms with E-state index in [1.807, 2.05) is 60.7 Å². The molecule has 0 unspecified atom stereocenters. The van der Waals surface area contributed by atoms with Gasteiger partial charge in [-0.3, -0.25) is 9.05 Å². The second kappa shape index (κ2) is 9.38. The molecule has 2 rings (SSSR count). The fourth-order valence-electron chi connectivity index (χ4n) is 2.18. The van der Waals surface area contributed by atoms with Crippen molar-refractivity contribution in [1.82, 2.24) is 5.20 Å². The molecule has 1 N–H and O–H groups in total. The van der Waals surface area contributed by atoms with E-state index in [4.69, 9.17) is 9.05 Å². The highest BCUT2D eigenvalue weighted by molar-refractivity contribution is 7.51. The predicted octanol–water partition coefficient (Wildman–Crippen LogP) is 4.40. The molecule has 0 amide bonds. The van der Waals surface area contributed by atoms with Crippen LogP contribution in [0.1, 0.15) is 25.0 Å². The predicted molar refractivity (Wildman–Crippen MR) is 97.1 cm³/mol. The topological polar surface area (TPSA) is 59.9 Å². The van der Waals surface area contributed by atoms with Crippen molar-refractivity contribution < 1.29 is 13.6 Å². The van der Waals surface area contributed by atoms with E-state index < -0.39 is 7.75 Å². The lowest BCUT2D eigenvalue weighted by molar-refractivity contribution is 0.211. The van der Waals surface area contributed by atoms with Crippen LogP contribution in [0, 0.1) is 0 Å². The molecule has 0 bridgehead atoms. The van der Waals surface area contributed by atoms with Crippen LogP contribution in [-0.4, -0.2) is 18.9 Å². The Balaban J connectivity index is 2.26. The van der Waals surface area contributed by atoms with Gasteiger partial charge in [0.05, 0.1) is 18.9 Å². The van der Waals surface area contributed by atoms with Gasteiger partial charge in [-0.2, -0.15) is 5.10 Å². The fraction of sp³-hybridized carbons (Fsp3) is 0.278. The number of nitrogens with zero attached hydrogens (tertiary/aromatic N) is 1. The maximum absolute atomic E-state index is 12.5. The Labute approximate surface area is 143 Å². The Morgan fingerprint density at radius 3 is 2.04 bits per heavy atom. The zero-order chi connectivity index (χ0) is 17.3. The molecule has 0 saturated carbocycles. The molecule has 0 aliphatic carbocycles. The summed E-state index contributed by atoms with van der Waals surface area (Å²) in [5.41, 5.74) is 2.83. The molecule has 0 atom stereocenters. The number of hydrazone groups is 1. The molecule has 0 aliphatic rings. The van der Waals surface area contributed by atoms with Crippen molar-refractivity contribution in [1.29, 1.82) is 0 Å². The number of rotatable bonds is 9. The highest BCUT2D eigenvalue weighted by atomic mass is 31.2. The molecular weight excluding hydrogens is 323 g/mol. The lowest BCUT2D eigenvalue weighted by atomic mass is 10.0. The smallest absolute Gasteiger partial charge is 0.292 e. The van der Waals surface area contributed by atoms with Gasteiger partial charge < -0.3 is 0 Å². The van der Waals surface area contributed by atoms with E-state index in [9.17, 15) is 4.57 Å². The summed E-state index contributed by atoms with van der Waals surface area (Å²) >= 11 is 0. The van der Waals surface area contributed by atoms with Crippen molar-refractivity contribution in [3.63, 3.8) is 0 Å². The number of benzene rings is 2. The fourth-order valence-corrected chi connectivity index (χ4v) is 3.30. The van der Waals surface area contributed by atoms with E-state index in [0.717, 1.165) is 16.8 Å². The minimum absolute atomic E-state index is 0.277. The number of hydrogen-bond acceptors (Lipinski definition) is 4. The lowest BCUT2D eigenvalue weighted by Gasteiger charge is -2.16. The molecule has 24 heavy (non-hydrogen) atoms. The standard InChI is InChI=1S/C18H23N2O3P/c1-3-22-24(21,23-4-2)20-19-18(17-13-9-6-10-14-17)15-16-11-7-5-8-12-16/h5-14H,3-4,15H2,1-2H3,(H,20,21)/b19-18-. The van der Waals surface area contributed by atoms with Crippen LogP contribution in [0.5, 0.6) is 0 Å². The van der Waals surface area contributed by atoms with Gasteiger partial charge in [-0.1, -0.05) is 60.7 Å². The van der Waals surface area contributed by atoms with Crippen LogP contribution >= 0.6 is 7.75 Å². The second-order valence-corrected chi connectivity index (χ2v) is 6.73. The molecular formula is C18H23N2O3P. The van der Waals surface area contributed by atoms with Crippen LogP contribution in [0.3, 0.4) is 0 Å². The van der Waals surface area contributed by atoms with Crippen LogP contribution in [0.15, 0.2) is 65.8 Å². The molecule has 128 valence electrons. The van der Waals surface area contributed by atoms with Crippen molar-refractivity contribution in [2.24, 2.45) is 5.10 Å². The lowest BCUT2D eigenvalue weighted by Crippen LogP contribution is -2.15. The first kappa shape index (κ1) is 18.4. The summed E-state index contributed by atoms with van der Waals surface area (Å²) < 4.78 is 23.0. The third-order valence-corrected chi connectivity index (χ3v) is 4.77. The van der Waals surface area contributed by atoms with E-state index in [0.29, 0.717) is 6.42 Å². The van der Waals surface area contributed by atoms with Crippen molar-refractivity contribution in [3.05, 3.63) is 71.8 Å². The Hall–Kier alpha value is -1.94. The van der Waals surface area contributed by atoms with E-state index in [-0.39, 0.29) is 13.2 Å². The molecule has 5 nitrogen and oxygen atoms in total. The first-order valence-corrected chi connectivity index (χ1v) is 9.53. The van der Waals surface area contributed by atoms with Gasteiger partial charge >= 0.3 is 7.75 Å². The zero-order valence-electron chi connectivity index (χ0n) is 14.0. The van der Waals surface area contributed by atoms with Crippen LogP contribution in [-0.2, 0) is 20.0 Å². The Morgan fingerprint density at radius 2 is 1.50 bits per heavy atom. The van der Waals surface area contributed by atoms with Gasteiger partial charge in [-0.05, 0) is 25.0 Å². The SMILES string of the molecule is CCOP(=O)(N/N=C(/Cc1ccccc1)c1ccccc1)OCC. The summed E-state index contributed by atoms with van der Waals surface area (Å²) in [5.74, 6) is 0. The van der Waals surface area contributed by atoms with Gasteiger partial charge in [-0.25, -0.2) is 9.76 Å². The first-order valence-electron chi connectivity index (χ1n) is 7.99. The second-order valence-electron chi connectivity index (χ2n) is 5.02. The van der Waals surface area contributed by atoms with Crippen molar-refractivity contribution in [2.75, 3.05) is 13.2 Å². The summed E-state index contributed by atoms with van der Waals surface area (Å²) in [7, 11) is -3.44. The molecule has 0 aromatic heterocycles. The Kier molecular flexibility index (Phi) is 7.19. The summed E-state index contributed by atoms with van der Waals surface area (Å²) in [4.78, 5) is 0. The van der Waals surface area contributed by atoms with E-state index in [1.165, 1.54) is 0 Å². The maximum atomic E-state index is 12.5. The molecule has 0 radical (unpaired) electrons. The highest BCUT2D eigenvalue weighted by Crippen LogP contribution is 2.43. The van der Waals surface area contributed by atoms with Crippen LogP contribution in [0.25, 0.3) is 0 Å². The van der Waals surface area contributed by atoms with Crippen LogP contribution in [0.2, 0.25) is 0 Å². The van der Waals surface area contributed by atoms with Crippen LogP contribution in [0.4, 0.5) is 0 Å². The third kappa shape index (κ3) is 5.60. The van der Waals surface area contributed by atoms with E-state index in [2.05, 4.69) is 10.3 Å². The van der Waals surface area contributed by atoms with E-state index >= 15 is 0 Å². The number of nitrogens with one attached hydrogen (secondary N) is 1. The largest absolute Gasteiger partial charge is 0.448 e. The third-order valence-electron chi connectivity index (χ3n) is 3.23. The average Bonchev–Trinajstić information content (AvgIpc) is 2.61. The van der Waals surface area contributed by atoms with Gasteiger partial charge in [0, 0.05) is 6.42 Å². The van der Waals surface area contributed by atoms with Gasteiger partial charge in [0.25, 0.3) is 0 Å². The zero-order valence-corrected chi connectivity index (χ0v) is 14.9. The van der Waals surface area contributed by atoms with E-state index in [1.54, 1.807) is 13.8 Å². The molecule has 0 saturated heterocycles. The summed E-state index contributed by atoms with van der Waals surface area (Å²) in [6.45, 7) is 4.08. The highest BCUT2D eigenvalue weighted by Gasteiger charge is 2.23. The monoisotopic (exact) mass is 346 g/mol. The van der Waals surface area contributed by atoms with Gasteiger partial charge in [0.15, 0.2) is 0 Å². The molecule has 0 heterocycles. The molecule has 2 aromatic carbocycles. The molecule has 2 aromatic rings. The maximum Gasteiger partial charge on any atom is 0.448 e. The van der Waals surface area contributed by atoms with Crippen molar-refractivity contribution >= 4 is 13.5 Å². The summed E-state index contributed by atoms with van der Waals surface area (Å²) in [5, 5.41) is 6.97. The molecule has 0 spiro atoms. The van der Waals surface area contributed by atoms with Crippen molar-refractivity contribution in [2.45, 2.75) is 20.3 Å². The first-order chi connectivity index (χ1) is 11.7. The summed E-state index contributed by atoms with van der Waals surface area (Å²) in [6, 6.07) is 19.8. The molecule has 6 heteroatoms. The quantitative estimate of drug-likeness (QED) is 0.415. The molecule has 0 fully saturated rings. The molecule has 0 aliphatic heterocycles. The Morgan fingerprint density at radius 1 is 0.958 bits per heavy atom. The Bertz CT molecular complexity index is 680. The van der Waals surface area contributed by atoms with Gasteiger partial charge in [0.1, 0.15) is 0 Å². The van der Waals surface area contributed by atoms with Gasteiger partial charge in [0.2, 0.25) is 0 Å². The average molecular weight is 346 g/mol. The van der Waals surface area contributed by atoms with Gasteiger partial charge in [-0.15, -0.1) is 0 Å². The minimum Gasteiger partial charge on any atom is -0.292 e. The normalized spacial score (nSPS) is 12.2. The van der Waals surface area contributed by atoms with Crippen LogP contribution < -0.4 is 5.20 Å².